The average molecular weight is 265 g/mol. The zero-order chi connectivity index (χ0) is 13.5. The van der Waals surface area contributed by atoms with E-state index >= 15 is 0 Å². The van der Waals surface area contributed by atoms with E-state index in [1.54, 1.807) is 0 Å². The standard InChI is InChI=1S/C15H23NO3/c1-3-18-14-6-4-13(5-7-14)12(2)16-10-15-11-17-8-9-19-15/h4-7,12,15-16H,3,8-11H2,1-2H3. The van der Waals surface area contributed by atoms with Crippen LogP contribution >= 0.6 is 0 Å². The Labute approximate surface area is 115 Å². The lowest BCUT2D eigenvalue weighted by atomic mass is 10.1. The first-order valence-corrected chi connectivity index (χ1v) is 6.95. The molecule has 19 heavy (non-hydrogen) atoms. The predicted molar refractivity (Wildman–Crippen MR) is 74.6 cm³/mol. The molecular formula is C15H23NO3. The van der Waals surface area contributed by atoms with Gasteiger partial charge in [-0.2, -0.15) is 0 Å². The molecule has 1 aliphatic heterocycles. The number of ether oxygens (including phenoxy) is 3. The normalized spacial score (nSPS) is 21.1. The highest BCUT2D eigenvalue weighted by Gasteiger charge is 2.15. The molecule has 2 unspecified atom stereocenters. The first-order chi connectivity index (χ1) is 9.29. The lowest BCUT2D eigenvalue weighted by Crippen LogP contribution is -2.38. The molecular weight excluding hydrogens is 242 g/mol. The fourth-order valence-electron chi connectivity index (χ4n) is 2.10. The molecule has 106 valence electrons. The molecule has 1 heterocycles. The lowest BCUT2D eigenvalue weighted by Gasteiger charge is -2.25. The van der Waals surface area contributed by atoms with Crippen LogP contribution in [0.2, 0.25) is 0 Å². The third-order valence-corrected chi connectivity index (χ3v) is 3.23. The van der Waals surface area contributed by atoms with Gasteiger partial charge in [0.2, 0.25) is 0 Å². The summed E-state index contributed by atoms with van der Waals surface area (Å²) in [5, 5.41) is 3.47. The molecule has 0 radical (unpaired) electrons. The SMILES string of the molecule is CCOc1ccc(C(C)NCC2COCCO2)cc1. The van der Waals surface area contributed by atoms with Gasteiger partial charge in [-0.15, -0.1) is 0 Å². The third-order valence-electron chi connectivity index (χ3n) is 3.23. The van der Waals surface area contributed by atoms with Crippen LogP contribution in [-0.4, -0.2) is 39.1 Å². The minimum atomic E-state index is 0.166. The number of rotatable bonds is 6. The van der Waals surface area contributed by atoms with Gasteiger partial charge in [0, 0.05) is 12.6 Å². The number of benzene rings is 1. The second-order valence-electron chi connectivity index (χ2n) is 4.70. The summed E-state index contributed by atoms with van der Waals surface area (Å²) in [6, 6.07) is 8.51. The summed E-state index contributed by atoms with van der Waals surface area (Å²) in [6.45, 7) is 7.75. The highest BCUT2D eigenvalue weighted by Crippen LogP contribution is 2.17. The van der Waals surface area contributed by atoms with Crippen molar-refractivity contribution >= 4 is 0 Å². The highest BCUT2D eigenvalue weighted by molar-refractivity contribution is 5.28. The first kappa shape index (κ1) is 14.3. The van der Waals surface area contributed by atoms with E-state index in [0.717, 1.165) is 12.3 Å². The second-order valence-corrected chi connectivity index (χ2v) is 4.70. The van der Waals surface area contributed by atoms with Crippen LogP contribution in [0.4, 0.5) is 0 Å². The van der Waals surface area contributed by atoms with Crippen LogP contribution in [0.1, 0.15) is 25.5 Å². The average Bonchev–Trinajstić information content (AvgIpc) is 2.47. The molecule has 0 aromatic heterocycles. The van der Waals surface area contributed by atoms with Crippen LogP contribution in [0.25, 0.3) is 0 Å². The fourth-order valence-corrected chi connectivity index (χ4v) is 2.10. The summed E-state index contributed by atoms with van der Waals surface area (Å²) < 4.78 is 16.4. The molecule has 1 aromatic carbocycles. The van der Waals surface area contributed by atoms with Crippen molar-refractivity contribution in [3.63, 3.8) is 0 Å². The zero-order valence-electron chi connectivity index (χ0n) is 11.7. The molecule has 4 heteroatoms. The largest absolute Gasteiger partial charge is 0.494 e. The van der Waals surface area contributed by atoms with E-state index in [1.807, 2.05) is 19.1 Å². The van der Waals surface area contributed by atoms with Crippen molar-refractivity contribution in [2.45, 2.75) is 26.0 Å². The summed E-state index contributed by atoms with van der Waals surface area (Å²) in [6.07, 6.45) is 0.166. The fraction of sp³-hybridized carbons (Fsp3) is 0.600. The van der Waals surface area contributed by atoms with E-state index in [2.05, 4.69) is 24.4 Å². The van der Waals surface area contributed by atoms with Gasteiger partial charge >= 0.3 is 0 Å². The van der Waals surface area contributed by atoms with Crippen LogP contribution in [0, 0.1) is 0 Å². The van der Waals surface area contributed by atoms with Crippen molar-refractivity contribution < 1.29 is 14.2 Å². The number of hydrogen-bond donors (Lipinski definition) is 1. The van der Waals surface area contributed by atoms with Crippen LogP contribution < -0.4 is 10.1 Å². The quantitative estimate of drug-likeness (QED) is 0.855. The van der Waals surface area contributed by atoms with Crippen molar-refractivity contribution in [1.82, 2.24) is 5.32 Å². The van der Waals surface area contributed by atoms with Crippen molar-refractivity contribution in [3.05, 3.63) is 29.8 Å². The number of nitrogens with one attached hydrogen (secondary N) is 1. The Hall–Kier alpha value is -1.10. The van der Waals surface area contributed by atoms with Crippen LogP contribution in [-0.2, 0) is 9.47 Å². The van der Waals surface area contributed by atoms with E-state index < -0.39 is 0 Å². The zero-order valence-corrected chi connectivity index (χ0v) is 11.7. The molecule has 0 saturated carbocycles. The Bertz CT molecular complexity index is 360. The molecule has 0 amide bonds. The Morgan fingerprint density at radius 1 is 1.32 bits per heavy atom. The van der Waals surface area contributed by atoms with Crippen molar-refractivity contribution in [2.75, 3.05) is 33.0 Å². The smallest absolute Gasteiger partial charge is 0.119 e. The second kappa shape index (κ2) is 7.48. The van der Waals surface area contributed by atoms with E-state index in [9.17, 15) is 0 Å². The van der Waals surface area contributed by atoms with E-state index in [1.165, 1.54) is 5.56 Å². The van der Waals surface area contributed by atoms with Crippen LogP contribution in [0.3, 0.4) is 0 Å². The summed E-state index contributed by atoms with van der Waals surface area (Å²) >= 11 is 0. The third kappa shape index (κ3) is 4.49. The summed E-state index contributed by atoms with van der Waals surface area (Å²) in [5.41, 5.74) is 1.25. The van der Waals surface area contributed by atoms with Gasteiger partial charge in [-0.25, -0.2) is 0 Å². The van der Waals surface area contributed by atoms with Crippen molar-refractivity contribution in [1.29, 1.82) is 0 Å². The Morgan fingerprint density at radius 3 is 2.74 bits per heavy atom. The molecule has 0 aliphatic carbocycles. The first-order valence-electron chi connectivity index (χ1n) is 6.95. The minimum absolute atomic E-state index is 0.166. The summed E-state index contributed by atoms with van der Waals surface area (Å²) in [4.78, 5) is 0. The topological polar surface area (TPSA) is 39.7 Å². The molecule has 1 fully saturated rings. The molecule has 1 aromatic rings. The van der Waals surface area contributed by atoms with Gasteiger partial charge in [-0.1, -0.05) is 12.1 Å². The molecule has 4 nitrogen and oxygen atoms in total. The highest BCUT2D eigenvalue weighted by atomic mass is 16.6. The molecule has 1 aliphatic rings. The molecule has 0 spiro atoms. The maximum atomic E-state index is 5.61. The Morgan fingerprint density at radius 2 is 2.11 bits per heavy atom. The van der Waals surface area contributed by atoms with E-state index in [0.29, 0.717) is 32.5 Å². The van der Waals surface area contributed by atoms with Gasteiger partial charge in [-0.3, -0.25) is 0 Å². The van der Waals surface area contributed by atoms with Gasteiger partial charge < -0.3 is 19.5 Å². The van der Waals surface area contributed by atoms with E-state index in [-0.39, 0.29) is 6.10 Å². The Balaban J connectivity index is 1.79. The number of hydrogen-bond acceptors (Lipinski definition) is 4. The molecule has 1 saturated heterocycles. The molecule has 0 bridgehead atoms. The van der Waals surface area contributed by atoms with Gasteiger partial charge in [0.15, 0.2) is 0 Å². The Kier molecular flexibility index (Phi) is 5.63. The van der Waals surface area contributed by atoms with Crippen molar-refractivity contribution in [2.24, 2.45) is 0 Å². The lowest BCUT2D eigenvalue weighted by molar-refractivity contribution is -0.0869. The maximum absolute atomic E-state index is 5.61. The monoisotopic (exact) mass is 265 g/mol. The molecule has 1 N–H and O–H groups in total. The van der Waals surface area contributed by atoms with Crippen molar-refractivity contribution in [3.8, 4) is 5.75 Å². The van der Waals surface area contributed by atoms with Gasteiger partial charge in [0.05, 0.1) is 32.5 Å². The molecule has 2 rings (SSSR count). The van der Waals surface area contributed by atoms with Crippen LogP contribution in [0.15, 0.2) is 24.3 Å². The minimum Gasteiger partial charge on any atom is -0.494 e. The predicted octanol–water partition coefficient (Wildman–Crippen LogP) is 2.15. The van der Waals surface area contributed by atoms with E-state index in [4.69, 9.17) is 14.2 Å². The van der Waals surface area contributed by atoms with Gasteiger partial charge in [0.1, 0.15) is 5.75 Å². The van der Waals surface area contributed by atoms with Gasteiger partial charge in [0.25, 0.3) is 0 Å². The summed E-state index contributed by atoms with van der Waals surface area (Å²) in [7, 11) is 0. The maximum Gasteiger partial charge on any atom is 0.119 e. The summed E-state index contributed by atoms with van der Waals surface area (Å²) in [5.74, 6) is 0.919. The van der Waals surface area contributed by atoms with Gasteiger partial charge in [-0.05, 0) is 31.5 Å². The molecule has 2 atom stereocenters. The van der Waals surface area contributed by atoms with Crippen LogP contribution in [0.5, 0.6) is 5.75 Å².